The molecule has 0 N–H and O–H groups in total. The van der Waals surface area contributed by atoms with Crippen molar-refractivity contribution in [3.05, 3.63) is 29.8 Å². The predicted molar refractivity (Wildman–Crippen MR) is 75.1 cm³/mol. The Morgan fingerprint density at radius 1 is 1.25 bits per heavy atom. The van der Waals surface area contributed by atoms with E-state index in [-0.39, 0.29) is 5.25 Å². The van der Waals surface area contributed by atoms with Gasteiger partial charge >= 0.3 is 0 Å². The highest BCUT2D eigenvalue weighted by atomic mass is 127. The van der Waals surface area contributed by atoms with Crippen LogP contribution in [0.15, 0.2) is 29.2 Å². The van der Waals surface area contributed by atoms with E-state index in [1.54, 1.807) is 24.3 Å². The summed E-state index contributed by atoms with van der Waals surface area (Å²) in [5, 5.41) is 2.72. The molecular formula is C11H9IO2S2. The summed E-state index contributed by atoms with van der Waals surface area (Å²) in [6.45, 7) is 0. The zero-order valence-electron chi connectivity index (χ0n) is 8.31. The van der Waals surface area contributed by atoms with Crippen LogP contribution in [0.4, 0.5) is 0 Å². The van der Waals surface area contributed by atoms with Crippen LogP contribution in [0, 0.1) is 11.2 Å². The Morgan fingerprint density at radius 2 is 1.88 bits per heavy atom. The molecule has 0 saturated heterocycles. The van der Waals surface area contributed by atoms with Crippen molar-refractivity contribution in [2.24, 2.45) is 0 Å². The molecule has 84 valence electrons. The smallest absolute Gasteiger partial charge is 0.181 e. The molecule has 0 radical (unpaired) electrons. The summed E-state index contributed by atoms with van der Waals surface area (Å²) in [4.78, 5) is 0.419. The fourth-order valence-corrected chi connectivity index (χ4v) is 3.52. The highest BCUT2D eigenvalue weighted by Crippen LogP contribution is 2.33. The van der Waals surface area contributed by atoms with Crippen LogP contribution < -0.4 is 0 Å². The molecule has 1 aromatic carbocycles. The first-order valence-corrected chi connectivity index (χ1v) is 9.68. The minimum Gasteiger partial charge on any atom is -0.223 e. The van der Waals surface area contributed by atoms with Crippen molar-refractivity contribution >= 4 is 40.0 Å². The number of halogens is 1. The lowest BCUT2D eigenvalue weighted by Crippen LogP contribution is -2.06. The van der Waals surface area contributed by atoms with E-state index in [0.29, 0.717) is 4.90 Å². The SMILES string of the molecule is O=S(=O)(c1ccc(C#CSI)cc1)C1CC1. The number of rotatable bonds is 2. The van der Waals surface area contributed by atoms with E-state index in [4.69, 9.17) is 0 Å². The van der Waals surface area contributed by atoms with E-state index in [1.807, 2.05) is 0 Å². The van der Waals surface area contributed by atoms with E-state index in [9.17, 15) is 8.42 Å². The third-order valence-corrected chi connectivity index (χ3v) is 5.50. The highest BCUT2D eigenvalue weighted by molar-refractivity contribution is 14.2. The lowest BCUT2D eigenvalue weighted by Gasteiger charge is -2.01. The molecule has 0 bridgehead atoms. The first-order valence-electron chi connectivity index (χ1n) is 4.77. The first kappa shape index (κ1) is 12.3. The fraction of sp³-hybridized carbons (Fsp3) is 0.273. The maximum absolute atomic E-state index is 11.9. The Kier molecular flexibility index (Phi) is 3.82. The Morgan fingerprint density at radius 3 is 2.38 bits per heavy atom. The number of sulfone groups is 1. The molecule has 1 aliphatic rings. The number of hydrogen-bond acceptors (Lipinski definition) is 3. The Bertz CT molecular complexity index is 534. The van der Waals surface area contributed by atoms with Gasteiger partial charge < -0.3 is 0 Å². The first-order chi connectivity index (χ1) is 7.64. The fourth-order valence-electron chi connectivity index (χ4n) is 1.38. The standard InChI is InChI=1S/C11H9IO2S2/c12-15-8-7-9-1-3-10(4-2-9)16(13,14)11-5-6-11/h1-4,11H,5-6H2. The maximum Gasteiger partial charge on any atom is 0.181 e. The molecule has 0 aliphatic heterocycles. The molecule has 2 nitrogen and oxygen atoms in total. The average Bonchev–Trinajstić information content (AvgIpc) is 3.11. The summed E-state index contributed by atoms with van der Waals surface area (Å²) in [5.74, 6) is 2.93. The van der Waals surface area contributed by atoms with Crippen molar-refractivity contribution in [3.8, 4) is 11.2 Å². The molecular weight excluding hydrogens is 355 g/mol. The van der Waals surface area contributed by atoms with Crippen LogP contribution in [-0.2, 0) is 9.84 Å². The summed E-state index contributed by atoms with van der Waals surface area (Å²) < 4.78 is 23.8. The summed E-state index contributed by atoms with van der Waals surface area (Å²) in [7, 11) is -1.65. The Balaban J connectivity index is 2.25. The molecule has 1 aromatic rings. The van der Waals surface area contributed by atoms with Crippen LogP contribution >= 0.6 is 30.1 Å². The predicted octanol–water partition coefficient (Wildman–Crippen LogP) is 3.01. The van der Waals surface area contributed by atoms with Gasteiger partial charge in [-0.1, -0.05) is 5.92 Å². The minimum absolute atomic E-state index is 0.144. The third-order valence-electron chi connectivity index (χ3n) is 2.38. The van der Waals surface area contributed by atoms with Gasteiger partial charge in [-0.25, -0.2) is 8.42 Å². The second-order valence-corrected chi connectivity index (χ2v) is 7.48. The third kappa shape index (κ3) is 2.73. The minimum atomic E-state index is -3.06. The van der Waals surface area contributed by atoms with Crippen molar-refractivity contribution < 1.29 is 8.42 Å². The van der Waals surface area contributed by atoms with Crippen molar-refractivity contribution in [2.75, 3.05) is 0 Å². The van der Waals surface area contributed by atoms with E-state index >= 15 is 0 Å². The van der Waals surface area contributed by atoms with E-state index in [0.717, 1.165) is 18.4 Å². The Hall–Kier alpha value is -0.190. The van der Waals surface area contributed by atoms with E-state index < -0.39 is 9.84 Å². The molecule has 1 fully saturated rings. The van der Waals surface area contributed by atoms with E-state index in [1.165, 1.54) is 8.93 Å². The summed E-state index contributed by atoms with van der Waals surface area (Å²) in [6, 6.07) is 6.81. The van der Waals surface area contributed by atoms with Gasteiger partial charge in [-0.15, -0.1) is 0 Å². The molecule has 0 atom stereocenters. The summed E-state index contributed by atoms with van der Waals surface area (Å²) >= 11 is 2.10. The molecule has 16 heavy (non-hydrogen) atoms. The van der Waals surface area contributed by atoms with Gasteiger partial charge in [0.2, 0.25) is 0 Å². The molecule has 1 saturated carbocycles. The van der Waals surface area contributed by atoms with Crippen molar-refractivity contribution in [1.29, 1.82) is 0 Å². The quantitative estimate of drug-likeness (QED) is 0.598. The topological polar surface area (TPSA) is 34.1 Å². The number of benzene rings is 1. The molecule has 0 unspecified atom stereocenters. The lowest BCUT2D eigenvalue weighted by molar-refractivity contribution is 0.595. The average molecular weight is 364 g/mol. The van der Waals surface area contributed by atoms with Crippen molar-refractivity contribution in [2.45, 2.75) is 23.0 Å². The summed E-state index contributed by atoms with van der Waals surface area (Å²) in [5.41, 5.74) is 0.846. The van der Waals surface area contributed by atoms with Gasteiger partial charge in [-0.3, -0.25) is 0 Å². The van der Waals surface area contributed by atoms with Gasteiger partial charge in [0.25, 0.3) is 0 Å². The zero-order valence-corrected chi connectivity index (χ0v) is 12.1. The molecule has 2 rings (SSSR count). The van der Waals surface area contributed by atoms with Gasteiger partial charge in [0.1, 0.15) is 0 Å². The van der Waals surface area contributed by atoms with Crippen LogP contribution in [-0.4, -0.2) is 13.7 Å². The Labute approximate surface area is 112 Å². The highest BCUT2D eigenvalue weighted by Gasteiger charge is 2.36. The lowest BCUT2D eigenvalue weighted by atomic mass is 10.2. The second-order valence-electron chi connectivity index (χ2n) is 3.57. The second kappa shape index (κ2) is 4.98. The molecule has 5 heteroatoms. The van der Waals surface area contributed by atoms with Crippen LogP contribution in [0.5, 0.6) is 0 Å². The van der Waals surface area contributed by atoms with Gasteiger partial charge in [-0.2, -0.15) is 0 Å². The molecule has 1 aliphatic carbocycles. The van der Waals surface area contributed by atoms with Gasteiger partial charge in [0, 0.05) is 26.8 Å². The van der Waals surface area contributed by atoms with Crippen LogP contribution in [0.25, 0.3) is 0 Å². The van der Waals surface area contributed by atoms with Crippen LogP contribution in [0.1, 0.15) is 18.4 Å². The molecule has 0 spiro atoms. The van der Waals surface area contributed by atoms with Crippen molar-refractivity contribution in [3.63, 3.8) is 0 Å². The summed E-state index contributed by atoms with van der Waals surface area (Å²) in [6.07, 6.45) is 1.60. The van der Waals surface area contributed by atoms with E-state index in [2.05, 4.69) is 32.4 Å². The van der Waals surface area contributed by atoms with Crippen molar-refractivity contribution in [1.82, 2.24) is 0 Å². The largest absolute Gasteiger partial charge is 0.223 e. The monoisotopic (exact) mass is 364 g/mol. The normalized spacial score (nSPS) is 15.3. The van der Waals surface area contributed by atoms with Gasteiger partial charge in [0.15, 0.2) is 9.84 Å². The molecule has 0 aromatic heterocycles. The number of hydrogen-bond donors (Lipinski definition) is 0. The van der Waals surface area contributed by atoms with Crippen LogP contribution in [0.2, 0.25) is 0 Å². The van der Waals surface area contributed by atoms with Crippen LogP contribution in [0.3, 0.4) is 0 Å². The maximum atomic E-state index is 11.9. The zero-order chi connectivity index (χ0) is 11.6. The van der Waals surface area contributed by atoms with Gasteiger partial charge in [-0.05, 0) is 51.3 Å². The molecule has 0 heterocycles. The molecule has 0 amide bonds. The van der Waals surface area contributed by atoms with Gasteiger partial charge in [0.05, 0.1) is 10.1 Å².